The molecule has 5 nitrogen and oxygen atoms in total. The van der Waals surface area contributed by atoms with Crippen molar-refractivity contribution in [1.82, 2.24) is 15.6 Å². The summed E-state index contributed by atoms with van der Waals surface area (Å²) in [6.45, 7) is 6.38. The Kier molecular flexibility index (Phi) is 6.87. The molecule has 1 heterocycles. The van der Waals surface area contributed by atoms with Crippen LogP contribution in [0.3, 0.4) is 0 Å². The van der Waals surface area contributed by atoms with Gasteiger partial charge in [-0.05, 0) is 31.5 Å². The Balaban J connectivity index is 1.85. The Labute approximate surface area is 141 Å². The fourth-order valence-corrected chi connectivity index (χ4v) is 2.72. The van der Waals surface area contributed by atoms with Crippen LogP contribution in [0.4, 0.5) is 0 Å². The Morgan fingerprint density at radius 1 is 1.26 bits per heavy atom. The molecule has 6 heteroatoms. The van der Waals surface area contributed by atoms with Crippen LogP contribution in [0.1, 0.15) is 23.2 Å². The fraction of sp³-hybridized carbons (Fsp3) is 0.412. The number of nitrogens with zero attached hydrogens (tertiary/aromatic N) is 2. The van der Waals surface area contributed by atoms with Crippen molar-refractivity contribution >= 4 is 17.3 Å². The molecule has 23 heavy (non-hydrogen) atoms. The van der Waals surface area contributed by atoms with Gasteiger partial charge in [-0.3, -0.25) is 0 Å². The van der Waals surface area contributed by atoms with Crippen LogP contribution < -0.4 is 15.4 Å². The highest BCUT2D eigenvalue weighted by Gasteiger charge is 2.01. The van der Waals surface area contributed by atoms with Crippen LogP contribution in [-0.4, -0.2) is 31.1 Å². The quantitative estimate of drug-likeness (QED) is 0.605. The number of hydrogen-bond acceptors (Lipinski definition) is 4. The number of nitrogens with one attached hydrogen (secondary N) is 2. The van der Waals surface area contributed by atoms with Crippen molar-refractivity contribution in [2.75, 3.05) is 20.2 Å². The highest BCUT2D eigenvalue weighted by atomic mass is 32.1. The van der Waals surface area contributed by atoms with E-state index >= 15 is 0 Å². The van der Waals surface area contributed by atoms with E-state index in [2.05, 4.69) is 32.9 Å². The first-order valence-corrected chi connectivity index (χ1v) is 8.65. The molecule has 0 unspecified atom stereocenters. The Bertz CT molecular complexity index is 622. The predicted molar refractivity (Wildman–Crippen MR) is 96.4 cm³/mol. The number of aliphatic imine (C=N–C) groups is 1. The monoisotopic (exact) mass is 332 g/mol. The molecule has 0 aliphatic rings. The third kappa shape index (κ3) is 5.90. The molecule has 0 fully saturated rings. The van der Waals surface area contributed by atoms with Gasteiger partial charge in [0.15, 0.2) is 5.96 Å². The second kappa shape index (κ2) is 9.15. The number of rotatable bonds is 7. The van der Waals surface area contributed by atoms with Gasteiger partial charge in [-0.15, -0.1) is 11.3 Å². The molecule has 0 bridgehead atoms. The fourth-order valence-electron chi connectivity index (χ4n) is 2.08. The van der Waals surface area contributed by atoms with Crippen LogP contribution in [0.2, 0.25) is 0 Å². The van der Waals surface area contributed by atoms with Gasteiger partial charge in [-0.2, -0.15) is 0 Å². The maximum atomic E-state index is 5.16. The second-order valence-electron chi connectivity index (χ2n) is 5.08. The van der Waals surface area contributed by atoms with E-state index in [9.17, 15) is 0 Å². The van der Waals surface area contributed by atoms with Crippen LogP contribution in [0.15, 0.2) is 34.6 Å². The minimum Gasteiger partial charge on any atom is -0.497 e. The first kappa shape index (κ1) is 17.3. The Hall–Kier alpha value is -2.08. The molecule has 2 aromatic rings. The Morgan fingerprint density at radius 3 is 2.65 bits per heavy atom. The maximum Gasteiger partial charge on any atom is 0.191 e. The average molecular weight is 332 g/mol. The van der Waals surface area contributed by atoms with Crippen LogP contribution in [0.5, 0.6) is 5.75 Å². The van der Waals surface area contributed by atoms with E-state index in [1.165, 1.54) is 0 Å². The van der Waals surface area contributed by atoms with Gasteiger partial charge in [0.25, 0.3) is 0 Å². The van der Waals surface area contributed by atoms with Gasteiger partial charge in [0.2, 0.25) is 0 Å². The van der Waals surface area contributed by atoms with E-state index < -0.39 is 0 Å². The summed E-state index contributed by atoms with van der Waals surface area (Å²) in [6.07, 6.45) is 0.900. The minimum atomic E-state index is 0.634. The van der Waals surface area contributed by atoms with Crippen molar-refractivity contribution in [3.05, 3.63) is 45.9 Å². The largest absolute Gasteiger partial charge is 0.497 e. The van der Waals surface area contributed by atoms with Gasteiger partial charge in [0.05, 0.1) is 24.4 Å². The molecule has 0 radical (unpaired) electrons. The number of benzene rings is 1. The van der Waals surface area contributed by atoms with Crippen LogP contribution in [0, 0.1) is 6.92 Å². The third-order valence-electron chi connectivity index (χ3n) is 3.26. The molecule has 0 aliphatic heterocycles. The standard InChI is InChI=1S/C17H24N4OS/c1-4-18-17(19-10-9-15-12-23-13(2)21-15)20-11-14-5-7-16(22-3)8-6-14/h5-8,12H,4,9-11H2,1-3H3,(H2,18,19,20). The highest BCUT2D eigenvalue weighted by Crippen LogP contribution is 2.12. The molecule has 1 aromatic heterocycles. The van der Waals surface area contributed by atoms with Gasteiger partial charge in [-0.1, -0.05) is 12.1 Å². The Morgan fingerprint density at radius 2 is 2.04 bits per heavy atom. The predicted octanol–water partition coefficient (Wildman–Crippen LogP) is 2.76. The van der Waals surface area contributed by atoms with Gasteiger partial charge in [0.1, 0.15) is 5.75 Å². The molecular weight excluding hydrogens is 308 g/mol. The van der Waals surface area contributed by atoms with E-state index in [0.717, 1.165) is 47.5 Å². The molecule has 0 aliphatic carbocycles. The van der Waals surface area contributed by atoms with Gasteiger partial charge < -0.3 is 15.4 Å². The summed E-state index contributed by atoms with van der Waals surface area (Å²) in [6, 6.07) is 7.97. The van der Waals surface area contributed by atoms with Crippen molar-refractivity contribution in [1.29, 1.82) is 0 Å². The normalized spacial score (nSPS) is 11.3. The summed E-state index contributed by atoms with van der Waals surface area (Å²) in [5.74, 6) is 1.69. The molecule has 2 N–H and O–H groups in total. The molecule has 0 saturated carbocycles. The number of thiazole rings is 1. The molecule has 0 spiro atoms. The molecule has 0 amide bonds. The number of aromatic nitrogens is 1. The lowest BCUT2D eigenvalue weighted by molar-refractivity contribution is 0.414. The molecule has 0 saturated heterocycles. The van der Waals surface area contributed by atoms with Gasteiger partial charge in [-0.25, -0.2) is 9.98 Å². The van der Waals surface area contributed by atoms with E-state index in [-0.39, 0.29) is 0 Å². The summed E-state index contributed by atoms with van der Waals surface area (Å²) < 4.78 is 5.16. The zero-order chi connectivity index (χ0) is 16.5. The molecule has 0 atom stereocenters. The van der Waals surface area contributed by atoms with Crippen LogP contribution >= 0.6 is 11.3 Å². The first-order chi connectivity index (χ1) is 11.2. The van der Waals surface area contributed by atoms with Crippen LogP contribution in [0.25, 0.3) is 0 Å². The van der Waals surface area contributed by atoms with Crippen molar-refractivity contribution in [3.8, 4) is 5.75 Å². The first-order valence-electron chi connectivity index (χ1n) is 7.77. The molecule has 124 valence electrons. The van der Waals surface area contributed by atoms with Crippen molar-refractivity contribution in [3.63, 3.8) is 0 Å². The van der Waals surface area contributed by atoms with E-state index in [1.54, 1.807) is 18.4 Å². The van der Waals surface area contributed by atoms with Gasteiger partial charge >= 0.3 is 0 Å². The summed E-state index contributed by atoms with van der Waals surface area (Å²) in [7, 11) is 1.67. The lowest BCUT2D eigenvalue weighted by Gasteiger charge is -2.10. The SMILES string of the molecule is CCNC(=NCc1ccc(OC)cc1)NCCc1csc(C)n1. The van der Waals surface area contributed by atoms with E-state index in [1.807, 2.05) is 31.2 Å². The van der Waals surface area contributed by atoms with E-state index in [0.29, 0.717) is 6.54 Å². The van der Waals surface area contributed by atoms with Gasteiger partial charge in [0, 0.05) is 24.9 Å². The number of hydrogen-bond donors (Lipinski definition) is 2. The summed E-state index contributed by atoms with van der Waals surface area (Å²) in [4.78, 5) is 9.08. The number of ether oxygens (including phenoxy) is 1. The molecular formula is C17H24N4OS. The summed E-state index contributed by atoms with van der Waals surface area (Å²) >= 11 is 1.69. The lowest BCUT2D eigenvalue weighted by Crippen LogP contribution is -2.38. The number of methoxy groups -OCH3 is 1. The minimum absolute atomic E-state index is 0.634. The number of guanidine groups is 1. The highest BCUT2D eigenvalue weighted by molar-refractivity contribution is 7.09. The summed E-state index contributed by atoms with van der Waals surface area (Å²) in [5, 5.41) is 9.83. The topological polar surface area (TPSA) is 58.5 Å². The smallest absolute Gasteiger partial charge is 0.191 e. The van der Waals surface area contributed by atoms with E-state index in [4.69, 9.17) is 4.74 Å². The molecule has 2 rings (SSSR count). The average Bonchev–Trinajstić information content (AvgIpc) is 2.98. The maximum absolute atomic E-state index is 5.16. The van der Waals surface area contributed by atoms with Crippen LogP contribution in [-0.2, 0) is 13.0 Å². The zero-order valence-electron chi connectivity index (χ0n) is 13.9. The summed E-state index contributed by atoms with van der Waals surface area (Å²) in [5.41, 5.74) is 2.28. The van der Waals surface area contributed by atoms with Crippen molar-refractivity contribution in [2.24, 2.45) is 4.99 Å². The molecule has 1 aromatic carbocycles. The van der Waals surface area contributed by atoms with Crippen molar-refractivity contribution in [2.45, 2.75) is 26.8 Å². The third-order valence-corrected chi connectivity index (χ3v) is 4.09. The zero-order valence-corrected chi connectivity index (χ0v) is 14.7. The second-order valence-corrected chi connectivity index (χ2v) is 6.14. The van der Waals surface area contributed by atoms with Crippen molar-refractivity contribution < 1.29 is 4.74 Å². The number of aryl methyl sites for hydroxylation is 1. The lowest BCUT2D eigenvalue weighted by atomic mass is 10.2.